The number of carbonyl (C=O) groups is 3. The summed E-state index contributed by atoms with van der Waals surface area (Å²) < 4.78 is 86.4. The standard InChI is InChI=1S/C18H20F6N2O4/c1-10(2)9-12(14(28)30-3)25-15(29)16(17(19,20)21,18(22,23)24)26-13(27)11-7-5-4-6-8-11/h4-8,10,12H,9H2,1-3H3,(H,25,29)(H,26,27). The van der Waals surface area contributed by atoms with Crippen molar-refractivity contribution in [3.05, 3.63) is 35.9 Å². The summed E-state index contributed by atoms with van der Waals surface area (Å²) in [5.41, 5.74) is -5.83. The van der Waals surface area contributed by atoms with Gasteiger partial charge in [-0.05, 0) is 24.5 Å². The van der Waals surface area contributed by atoms with Gasteiger partial charge in [0.2, 0.25) is 0 Å². The molecule has 0 saturated heterocycles. The quantitative estimate of drug-likeness (QED) is 0.503. The molecule has 12 heteroatoms. The molecule has 0 heterocycles. The summed E-state index contributed by atoms with van der Waals surface area (Å²) in [6, 6.07) is 3.97. The van der Waals surface area contributed by atoms with Crippen molar-refractivity contribution in [2.45, 2.75) is 44.2 Å². The molecule has 30 heavy (non-hydrogen) atoms. The molecule has 0 fully saturated rings. The fourth-order valence-electron chi connectivity index (χ4n) is 2.54. The van der Waals surface area contributed by atoms with Crippen LogP contribution in [0, 0.1) is 5.92 Å². The third-order valence-electron chi connectivity index (χ3n) is 4.03. The van der Waals surface area contributed by atoms with E-state index in [0.29, 0.717) is 0 Å². The van der Waals surface area contributed by atoms with E-state index in [4.69, 9.17) is 0 Å². The smallest absolute Gasteiger partial charge is 0.429 e. The van der Waals surface area contributed by atoms with Gasteiger partial charge in [-0.3, -0.25) is 9.59 Å². The lowest BCUT2D eigenvalue weighted by Gasteiger charge is -2.37. The van der Waals surface area contributed by atoms with Gasteiger partial charge in [-0.25, -0.2) is 4.79 Å². The van der Waals surface area contributed by atoms with Crippen LogP contribution < -0.4 is 10.6 Å². The lowest BCUT2D eigenvalue weighted by molar-refractivity contribution is -0.292. The van der Waals surface area contributed by atoms with Crippen LogP contribution in [0.5, 0.6) is 0 Å². The highest BCUT2D eigenvalue weighted by Crippen LogP contribution is 2.43. The molecule has 1 aromatic rings. The summed E-state index contributed by atoms with van der Waals surface area (Å²) in [5, 5.41) is 2.23. The number of ether oxygens (including phenoxy) is 1. The lowest BCUT2D eigenvalue weighted by atomic mass is 9.94. The Labute approximate surface area is 168 Å². The number of esters is 1. The molecule has 2 amide bonds. The minimum absolute atomic E-state index is 0.295. The van der Waals surface area contributed by atoms with Crippen LogP contribution in [-0.4, -0.2) is 48.8 Å². The van der Waals surface area contributed by atoms with Crippen LogP contribution in [0.25, 0.3) is 0 Å². The molecule has 168 valence electrons. The Morgan fingerprint density at radius 1 is 0.967 bits per heavy atom. The zero-order valence-electron chi connectivity index (χ0n) is 16.1. The molecule has 0 aliphatic carbocycles. The highest BCUT2D eigenvalue weighted by molar-refractivity contribution is 6.01. The summed E-state index contributed by atoms with van der Waals surface area (Å²) in [6.07, 6.45) is -12.9. The van der Waals surface area contributed by atoms with Crippen LogP contribution in [0.4, 0.5) is 26.3 Å². The molecule has 0 spiro atoms. The minimum Gasteiger partial charge on any atom is -0.467 e. The molecule has 0 aliphatic rings. The highest BCUT2D eigenvalue weighted by atomic mass is 19.4. The molecule has 1 rings (SSSR count). The van der Waals surface area contributed by atoms with Crippen LogP contribution >= 0.6 is 0 Å². The molecular formula is C18H20F6N2O4. The fraction of sp³-hybridized carbons (Fsp3) is 0.500. The van der Waals surface area contributed by atoms with Gasteiger partial charge in [-0.2, -0.15) is 26.3 Å². The zero-order valence-corrected chi connectivity index (χ0v) is 16.1. The maximum atomic E-state index is 13.7. The Hall–Kier alpha value is -2.79. The van der Waals surface area contributed by atoms with Gasteiger partial charge in [0.1, 0.15) is 6.04 Å². The summed E-state index contributed by atoms with van der Waals surface area (Å²) in [5.74, 6) is -6.05. The van der Waals surface area contributed by atoms with Crippen LogP contribution in [0.1, 0.15) is 30.6 Å². The van der Waals surface area contributed by atoms with Gasteiger partial charge < -0.3 is 15.4 Å². The summed E-state index contributed by atoms with van der Waals surface area (Å²) in [4.78, 5) is 36.3. The zero-order chi connectivity index (χ0) is 23.3. The topological polar surface area (TPSA) is 84.5 Å². The van der Waals surface area contributed by atoms with Crippen molar-refractivity contribution in [2.24, 2.45) is 5.92 Å². The van der Waals surface area contributed by atoms with Gasteiger partial charge >= 0.3 is 23.9 Å². The van der Waals surface area contributed by atoms with Gasteiger partial charge in [0, 0.05) is 5.56 Å². The van der Waals surface area contributed by atoms with Crippen molar-refractivity contribution in [3.8, 4) is 0 Å². The van der Waals surface area contributed by atoms with Crippen molar-refractivity contribution in [1.29, 1.82) is 0 Å². The minimum atomic E-state index is -6.28. The number of hydrogen-bond donors (Lipinski definition) is 2. The Kier molecular flexibility index (Phi) is 7.87. The van der Waals surface area contributed by atoms with Gasteiger partial charge in [-0.1, -0.05) is 32.0 Å². The third kappa shape index (κ3) is 5.42. The lowest BCUT2D eigenvalue weighted by Crippen LogP contribution is -2.75. The van der Waals surface area contributed by atoms with Crippen LogP contribution in [-0.2, 0) is 14.3 Å². The Morgan fingerprint density at radius 3 is 1.87 bits per heavy atom. The van der Waals surface area contributed by atoms with Crippen molar-refractivity contribution < 1.29 is 45.5 Å². The van der Waals surface area contributed by atoms with E-state index in [-0.39, 0.29) is 12.3 Å². The van der Waals surface area contributed by atoms with E-state index in [1.165, 1.54) is 37.4 Å². The van der Waals surface area contributed by atoms with Gasteiger partial charge in [0.05, 0.1) is 7.11 Å². The first-order valence-electron chi connectivity index (χ1n) is 8.57. The predicted molar refractivity (Wildman–Crippen MR) is 92.2 cm³/mol. The van der Waals surface area contributed by atoms with E-state index in [1.807, 2.05) is 0 Å². The molecule has 0 saturated carbocycles. The largest absolute Gasteiger partial charge is 0.467 e. The van der Waals surface area contributed by atoms with E-state index in [1.54, 1.807) is 0 Å². The third-order valence-corrected chi connectivity index (χ3v) is 4.03. The SMILES string of the molecule is COC(=O)C(CC(C)C)NC(=O)C(NC(=O)c1ccccc1)(C(F)(F)F)C(F)(F)F. The van der Waals surface area contributed by atoms with E-state index in [9.17, 15) is 40.7 Å². The fourth-order valence-corrected chi connectivity index (χ4v) is 2.54. The van der Waals surface area contributed by atoms with Crippen molar-refractivity contribution in [1.82, 2.24) is 10.6 Å². The molecule has 2 N–H and O–H groups in total. The molecule has 0 aliphatic heterocycles. The first-order chi connectivity index (χ1) is 13.7. The Bertz CT molecular complexity index is 748. The number of amides is 2. The summed E-state index contributed by atoms with van der Waals surface area (Å²) in [6.45, 7) is 3.06. The second-order valence-electron chi connectivity index (χ2n) is 6.74. The highest BCUT2D eigenvalue weighted by Gasteiger charge is 2.77. The second kappa shape index (κ2) is 9.35. The number of nitrogens with one attached hydrogen (secondary N) is 2. The van der Waals surface area contributed by atoms with E-state index in [0.717, 1.165) is 24.6 Å². The average molecular weight is 442 g/mol. The van der Waals surface area contributed by atoms with Gasteiger partial charge in [-0.15, -0.1) is 0 Å². The summed E-state index contributed by atoms with van der Waals surface area (Å²) >= 11 is 0. The van der Waals surface area contributed by atoms with Crippen LogP contribution in [0.3, 0.4) is 0 Å². The molecule has 1 unspecified atom stereocenters. The van der Waals surface area contributed by atoms with Crippen LogP contribution in [0.2, 0.25) is 0 Å². The van der Waals surface area contributed by atoms with Gasteiger partial charge in [0.25, 0.3) is 11.8 Å². The number of halogens is 6. The monoisotopic (exact) mass is 442 g/mol. The van der Waals surface area contributed by atoms with Crippen LogP contribution in [0.15, 0.2) is 30.3 Å². The summed E-state index contributed by atoms with van der Waals surface area (Å²) in [7, 11) is 0.861. The Morgan fingerprint density at radius 2 is 1.47 bits per heavy atom. The molecular weight excluding hydrogens is 422 g/mol. The molecule has 0 radical (unpaired) electrons. The van der Waals surface area contributed by atoms with Crippen molar-refractivity contribution in [2.75, 3.05) is 7.11 Å². The number of rotatable bonds is 7. The normalized spacial score (nSPS) is 13.5. The molecule has 0 bridgehead atoms. The predicted octanol–water partition coefficient (Wildman–Crippen LogP) is 2.98. The number of hydrogen-bond acceptors (Lipinski definition) is 4. The van der Waals surface area contributed by atoms with Crippen molar-refractivity contribution in [3.63, 3.8) is 0 Å². The van der Waals surface area contributed by atoms with Gasteiger partial charge in [0.15, 0.2) is 0 Å². The molecule has 6 nitrogen and oxygen atoms in total. The average Bonchev–Trinajstić information content (AvgIpc) is 2.62. The first kappa shape index (κ1) is 25.2. The van der Waals surface area contributed by atoms with E-state index < -0.39 is 47.3 Å². The molecule has 1 atom stereocenters. The first-order valence-corrected chi connectivity index (χ1v) is 8.57. The maximum Gasteiger partial charge on any atom is 0.429 e. The molecule has 1 aromatic carbocycles. The van der Waals surface area contributed by atoms with Crippen molar-refractivity contribution >= 4 is 17.8 Å². The Balaban J connectivity index is 3.46. The number of benzene rings is 1. The van der Waals surface area contributed by atoms with E-state index >= 15 is 0 Å². The van der Waals surface area contributed by atoms with E-state index in [2.05, 4.69) is 4.74 Å². The number of alkyl halides is 6. The maximum absolute atomic E-state index is 13.7. The number of carbonyl (C=O) groups excluding carboxylic acids is 3. The molecule has 0 aromatic heterocycles. The number of methoxy groups -OCH3 is 1. The second-order valence-corrected chi connectivity index (χ2v) is 6.74.